The van der Waals surface area contributed by atoms with Crippen molar-refractivity contribution < 1.29 is 9.53 Å². The molecule has 0 radical (unpaired) electrons. The van der Waals surface area contributed by atoms with E-state index >= 15 is 0 Å². The van der Waals surface area contributed by atoms with E-state index in [1.807, 2.05) is 0 Å². The SMILES string of the molecule is COC(=O)c1ccn2c(CS)nnc2c1. The number of aromatic nitrogens is 3. The topological polar surface area (TPSA) is 56.5 Å². The van der Waals surface area contributed by atoms with Gasteiger partial charge in [-0.25, -0.2) is 4.79 Å². The van der Waals surface area contributed by atoms with Gasteiger partial charge < -0.3 is 4.74 Å². The van der Waals surface area contributed by atoms with Gasteiger partial charge in [0.25, 0.3) is 0 Å². The molecule has 0 aliphatic carbocycles. The highest BCUT2D eigenvalue weighted by atomic mass is 32.1. The van der Waals surface area contributed by atoms with Crippen LogP contribution in [0, 0.1) is 0 Å². The summed E-state index contributed by atoms with van der Waals surface area (Å²) >= 11 is 4.12. The second-order valence-corrected chi connectivity index (χ2v) is 3.23. The van der Waals surface area contributed by atoms with Crippen molar-refractivity contribution in [1.29, 1.82) is 0 Å². The zero-order chi connectivity index (χ0) is 10.8. The second kappa shape index (κ2) is 3.90. The first-order chi connectivity index (χ1) is 7.26. The van der Waals surface area contributed by atoms with E-state index in [4.69, 9.17) is 0 Å². The Morgan fingerprint density at radius 3 is 3.07 bits per heavy atom. The molecule has 78 valence electrons. The lowest BCUT2D eigenvalue weighted by atomic mass is 10.3. The lowest BCUT2D eigenvalue weighted by Crippen LogP contribution is -2.02. The number of thiol groups is 1. The van der Waals surface area contributed by atoms with Crippen molar-refractivity contribution in [2.24, 2.45) is 0 Å². The Labute approximate surface area is 91.5 Å². The number of hydrogen-bond donors (Lipinski definition) is 1. The Balaban J connectivity index is 2.53. The molecular weight excluding hydrogens is 214 g/mol. The number of fused-ring (bicyclic) bond motifs is 1. The lowest BCUT2D eigenvalue weighted by Gasteiger charge is -2.00. The van der Waals surface area contributed by atoms with Crippen molar-refractivity contribution >= 4 is 24.2 Å². The number of ether oxygens (including phenoxy) is 1. The molecule has 0 bridgehead atoms. The smallest absolute Gasteiger partial charge is 0.338 e. The zero-order valence-corrected chi connectivity index (χ0v) is 8.94. The van der Waals surface area contributed by atoms with Crippen LogP contribution in [0.15, 0.2) is 18.3 Å². The Hall–Kier alpha value is -1.56. The minimum absolute atomic E-state index is 0.382. The van der Waals surface area contributed by atoms with Crippen molar-refractivity contribution in [3.05, 3.63) is 29.7 Å². The van der Waals surface area contributed by atoms with Crippen molar-refractivity contribution in [3.63, 3.8) is 0 Å². The molecule has 0 aromatic carbocycles. The van der Waals surface area contributed by atoms with Gasteiger partial charge in [0.05, 0.1) is 18.4 Å². The van der Waals surface area contributed by atoms with Crippen molar-refractivity contribution in [1.82, 2.24) is 14.6 Å². The van der Waals surface area contributed by atoms with Crippen LogP contribution in [0.4, 0.5) is 0 Å². The van der Waals surface area contributed by atoms with E-state index in [1.54, 1.807) is 22.7 Å². The van der Waals surface area contributed by atoms with Crippen LogP contribution in [0.2, 0.25) is 0 Å². The lowest BCUT2D eigenvalue weighted by molar-refractivity contribution is 0.0600. The molecule has 0 atom stereocenters. The van der Waals surface area contributed by atoms with Gasteiger partial charge in [0.1, 0.15) is 5.82 Å². The highest BCUT2D eigenvalue weighted by Gasteiger charge is 2.09. The quantitative estimate of drug-likeness (QED) is 0.608. The van der Waals surface area contributed by atoms with Crippen LogP contribution in [-0.2, 0) is 10.5 Å². The Morgan fingerprint density at radius 2 is 2.40 bits per heavy atom. The number of rotatable bonds is 2. The molecule has 6 heteroatoms. The van der Waals surface area contributed by atoms with E-state index in [1.165, 1.54) is 7.11 Å². The third-order valence-electron chi connectivity index (χ3n) is 2.04. The fraction of sp³-hybridized carbons (Fsp3) is 0.222. The first-order valence-electron chi connectivity index (χ1n) is 4.29. The molecule has 2 rings (SSSR count). The first-order valence-corrected chi connectivity index (χ1v) is 4.92. The minimum Gasteiger partial charge on any atom is -0.465 e. The van der Waals surface area contributed by atoms with Gasteiger partial charge in [0, 0.05) is 6.20 Å². The van der Waals surface area contributed by atoms with Crippen LogP contribution < -0.4 is 0 Å². The van der Waals surface area contributed by atoms with Crippen LogP contribution >= 0.6 is 12.6 Å². The van der Waals surface area contributed by atoms with Gasteiger partial charge in [-0.3, -0.25) is 4.40 Å². The summed E-state index contributed by atoms with van der Waals surface area (Å²) in [6.07, 6.45) is 1.73. The van der Waals surface area contributed by atoms with Crippen molar-refractivity contribution in [2.75, 3.05) is 7.11 Å². The first kappa shape index (κ1) is 9.97. The molecule has 0 unspecified atom stereocenters. The van der Waals surface area contributed by atoms with E-state index in [0.717, 1.165) is 5.82 Å². The van der Waals surface area contributed by atoms with E-state index in [9.17, 15) is 4.79 Å². The van der Waals surface area contributed by atoms with Crippen LogP contribution in [0.25, 0.3) is 5.65 Å². The Bertz CT molecular complexity index is 509. The molecule has 0 fully saturated rings. The predicted octanol–water partition coefficient (Wildman–Crippen LogP) is 0.946. The Kier molecular flexibility index (Phi) is 2.59. The Morgan fingerprint density at radius 1 is 1.60 bits per heavy atom. The summed E-state index contributed by atoms with van der Waals surface area (Å²) in [5.74, 6) is 0.858. The molecule has 5 nitrogen and oxygen atoms in total. The normalized spacial score (nSPS) is 10.5. The van der Waals surface area contributed by atoms with E-state index < -0.39 is 0 Å². The van der Waals surface area contributed by atoms with Crippen LogP contribution in [0.5, 0.6) is 0 Å². The highest BCUT2D eigenvalue weighted by Crippen LogP contribution is 2.09. The molecule has 0 saturated carbocycles. The standard InChI is InChI=1S/C9H9N3O2S/c1-14-9(13)6-2-3-12-7(4-6)10-11-8(12)5-15/h2-4,15H,5H2,1H3. The monoisotopic (exact) mass is 223 g/mol. The largest absolute Gasteiger partial charge is 0.465 e. The van der Waals surface area contributed by atoms with E-state index in [2.05, 4.69) is 27.6 Å². The molecular formula is C9H9N3O2S. The minimum atomic E-state index is -0.382. The van der Waals surface area contributed by atoms with Gasteiger partial charge in [0.2, 0.25) is 0 Å². The summed E-state index contributed by atoms with van der Waals surface area (Å²) in [7, 11) is 1.34. The summed E-state index contributed by atoms with van der Waals surface area (Å²) in [5.41, 5.74) is 1.07. The van der Waals surface area contributed by atoms with Crippen LogP contribution in [0.1, 0.15) is 16.2 Å². The fourth-order valence-electron chi connectivity index (χ4n) is 1.29. The van der Waals surface area contributed by atoms with Gasteiger partial charge in [0.15, 0.2) is 5.65 Å². The molecule has 2 aromatic heterocycles. The molecule has 0 aliphatic heterocycles. The summed E-state index contributed by atoms with van der Waals surface area (Å²) in [6, 6.07) is 3.29. The number of carbonyl (C=O) groups excluding carboxylic acids is 1. The maximum atomic E-state index is 11.2. The van der Waals surface area contributed by atoms with Crippen LogP contribution in [0.3, 0.4) is 0 Å². The van der Waals surface area contributed by atoms with E-state index in [0.29, 0.717) is 17.0 Å². The predicted molar refractivity (Wildman–Crippen MR) is 57.0 cm³/mol. The molecule has 0 spiro atoms. The molecule has 2 heterocycles. The van der Waals surface area contributed by atoms with Crippen molar-refractivity contribution in [2.45, 2.75) is 5.75 Å². The number of hydrogen-bond acceptors (Lipinski definition) is 5. The summed E-state index contributed by atoms with van der Waals surface area (Å²) < 4.78 is 6.38. The van der Waals surface area contributed by atoms with Gasteiger partial charge in [-0.1, -0.05) is 0 Å². The second-order valence-electron chi connectivity index (χ2n) is 2.91. The molecule has 0 aliphatic rings. The zero-order valence-electron chi connectivity index (χ0n) is 8.04. The number of carbonyl (C=O) groups is 1. The average molecular weight is 223 g/mol. The maximum absolute atomic E-state index is 11.2. The van der Waals surface area contributed by atoms with Gasteiger partial charge in [-0.15, -0.1) is 10.2 Å². The molecule has 0 amide bonds. The van der Waals surface area contributed by atoms with E-state index in [-0.39, 0.29) is 5.97 Å². The fourth-order valence-corrected chi connectivity index (χ4v) is 1.51. The number of pyridine rings is 1. The third kappa shape index (κ3) is 1.68. The van der Waals surface area contributed by atoms with Gasteiger partial charge in [-0.05, 0) is 12.1 Å². The number of nitrogens with zero attached hydrogens (tertiary/aromatic N) is 3. The number of methoxy groups -OCH3 is 1. The number of esters is 1. The molecule has 0 N–H and O–H groups in total. The highest BCUT2D eigenvalue weighted by molar-refractivity contribution is 7.79. The van der Waals surface area contributed by atoms with Gasteiger partial charge >= 0.3 is 5.97 Å². The maximum Gasteiger partial charge on any atom is 0.338 e. The molecule has 15 heavy (non-hydrogen) atoms. The van der Waals surface area contributed by atoms with Crippen LogP contribution in [-0.4, -0.2) is 27.7 Å². The molecule has 0 saturated heterocycles. The van der Waals surface area contributed by atoms with Gasteiger partial charge in [-0.2, -0.15) is 12.6 Å². The average Bonchev–Trinajstić information content (AvgIpc) is 2.69. The summed E-state index contributed by atoms with van der Waals surface area (Å²) in [6.45, 7) is 0. The summed E-state index contributed by atoms with van der Waals surface area (Å²) in [4.78, 5) is 11.2. The molecule has 2 aromatic rings. The van der Waals surface area contributed by atoms with Crippen molar-refractivity contribution in [3.8, 4) is 0 Å². The summed E-state index contributed by atoms with van der Waals surface area (Å²) in [5, 5.41) is 7.85. The third-order valence-corrected chi connectivity index (χ3v) is 2.33.